The predicted molar refractivity (Wildman–Crippen MR) is 74.6 cm³/mol. The molecule has 0 radical (unpaired) electrons. The number of carbonyl (C=O) groups is 2. The van der Waals surface area contributed by atoms with Crippen LogP contribution in [-0.4, -0.2) is 30.8 Å². The SMILES string of the molecule is O=C(CCl)NCC(=O)NCCc1cccc(Br)c1. The molecule has 0 aromatic heterocycles. The molecule has 0 unspecified atom stereocenters. The lowest BCUT2D eigenvalue weighted by atomic mass is 10.1. The van der Waals surface area contributed by atoms with E-state index in [1.165, 1.54) is 0 Å². The summed E-state index contributed by atoms with van der Waals surface area (Å²) in [7, 11) is 0. The van der Waals surface area contributed by atoms with Gasteiger partial charge in [-0.3, -0.25) is 9.59 Å². The van der Waals surface area contributed by atoms with Crippen LogP contribution in [0.1, 0.15) is 5.56 Å². The molecule has 0 bridgehead atoms. The molecule has 98 valence electrons. The van der Waals surface area contributed by atoms with E-state index < -0.39 is 0 Å². The summed E-state index contributed by atoms with van der Waals surface area (Å²) < 4.78 is 1.01. The maximum Gasteiger partial charge on any atom is 0.239 e. The van der Waals surface area contributed by atoms with Crippen molar-refractivity contribution in [3.05, 3.63) is 34.3 Å². The first-order valence-electron chi connectivity index (χ1n) is 5.45. The highest BCUT2D eigenvalue weighted by Gasteiger charge is 2.03. The second-order valence-electron chi connectivity index (χ2n) is 3.64. The zero-order valence-corrected chi connectivity index (χ0v) is 12.1. The van der Waals surface area contributed by atoms with Gasteiger partial charge >= 0.3 is 0 Å². The maximum atomic E-state index is 11.3. The van der Waals surface area contributed by atoms with Gasteiger partial charge in [-0.2, -0.15) is 0 Å². The average molecular weight is 334 g/mol. The van der Waals surface area contributed by atoms with E-state index >= 15 is 0 Å². The Labute approximate surface area is 119 Å². The molecule has 0 atom stereocenters. The lowest BCUT2D eigenvalue weighted by Gasteiger charge is -2.06. The van der Waals surface area contributed by atoms with Crippen molar-refractivity contribution in [2.45, 2.75) is 6.42 Å². The van der Waals surface area contributed by atoms with Crippen LogP contribution < -0.4 is 10.6 Å². The molecule has 0 spiro atoms. The largest absolute Gasteiger partial charge is 0.354 e. The molecule has 1 rings (SSSR count). The van der Waals surface area contributed by atoms with Gasteiger partial charge in [0.15, 0.2) is 0 Å². The quantitative estimate of drug-likeness (QED) is 0.775. The summed E-state index contributed by atoms with van der Waals surface area (Å²) in [6.45, 7) is 0.496. The van der Waals surface area contributed by atoms with E-state index in [1.807, 2.05) is 24.3 Å². The van der Waals surface area contributed by atoms with Crippen molar-refractivity contribution in [2.75, 3.05) is 19.0 Å². The molecule has 18 heavy (non-hydrogen) atoms. The molecule has 0 aliphatic heterocycles. The van der Waals surface area contributed by atoms with Gasteiger partial charge in [-0.25, -0.2) is 0 Å². The minimum absolute atomic E-state index is 0.0377. The lowest BCUT2D eigenvalue weighted by Crippen LogP contribution is -2.38. The summed E-state index contributed by atoms with van der Waals surface area (Å²) in [5.74, 6) is -0.701. The molecule has 1 aromatic carbocycles. The Hall–Kier alpha value is -1.07. The Bertz CT molecular complexity index is 426. The monoisotopic (exact) mass is 332 g/mol. The van der Waals surface area contributed by atoms with Crippen molar-refractivity contribution in [3.8, 4) is 0 Å². The van der Waals surface area contributed by atoms with Crippen LogP contribution in [0.25, 0.3) is 0 Å². The van der Waals surface area contributed by atoms with Gasteiger partial charge in [0.05, 0.1) is 6.54 Å². The molecule has 0 saturated heterocycles. The Morgan fingerprint density at radius 1 is 1.22 bits per heavy atom. The smallest absolute Gasteiger partial charge is 0.239 e. The fraction of sp³-hybridized carbons (Fsp3) is 0.333. The molecular weight excluding hydrogens is 320 g/mol. The van der Waals surface area contributed by atoms with Gasteiger partial charge in [0.1, 0.15) is 5.88 Å². The normalized spacial score (nSPS) is 9.89. The van der Waals surface area contributed by atoms with E-state index in [9.17, 15) is 9.59 Å². The highest BCUT2D eigenvalue weighted by molar-refractivity contribution is 9.10. The van der Waals surface area contributed by atoms with Gasteiger partial charge in [-0.15, -0.1) is 11.6 Å². The number of hydrogen-bond acceptors (Lipinski definition) is 2. The van der Waals surface area contributed by atoms with Crippen LogP contribution in [0.5, 0.6) is 0 Å². The Morgan fingerprint density at radius 3 is 2.67 bits per heavy atom. The van der Waals surface area contributed by atoms with Crippen molar-refractivity contribution in [3.63, 3.8) is 0 Å². The van der Waals surface area contributed by atoms with Crippen LogP contribution >= 0.6 is 27.5 Å². The summed E-state index contributed by atoms with van der Waals surface area (Å²) in [5, 5.41) is 5.12. The topological polar surface area (TPSA) is 58.2 Å². The number of nitrogens with one attached hydrogen (secondary N) is 2. The number of hydrogen-bond donors (Lipinski definition) is 2. The van der Waals surface area contributed by atoms with Gasteiger partial charge in [-0.05, 0) is 24.1 Å². The molecule has 0 aliphatic carbocycles. The zero-order valence-electron chi connectivity index (χ0n) is 9.71. The summed E-state index contributed by atoms with van der Waals surface area (Å²) in [6, 6.07) is 7.89. The van der Waals surface area contributed by atoms with E-state index in [2.05, 4.69) is 26.6 Å². The second-order valence-corrected chi connectivity index (χ2v) is 4.82. The first kappa shape index (κ1) is 15.0. The van der Waals surface area contributed by atoms with Crippen molar-refractivity contribution in [1.82, 2.24) is 10.6 Å². The van der Waals surface area contributed by atoms with E-state index in [0.717, 1.165) is 16.5 Å². The van der Waals surface area contributed by atoms with E-state index in [4.69, 9.17) is 11.6 Å². The molecule has 4 nitrogen and oxygen atoms in total. The Kier molecular flexibility index (Phi) is 6.75. The third-order valence-electron chi connectivity index (χ3n) is 2.19. The summed E-state index contributed by atoms with van der Waals surface area (Å²) in [5.41, 5.74) is 1.13. The molecule has 0 aliphatic rings. The predicted octanol–water partition coefficient (Wildman–Crippen LogP) is 1.46. The molecule has 1 aromatic rings. The van der Waals surface area contributed by atoms with E-state index in [0.29, 0.717) is 6.54 Å². The first-order valence-corrected chi connectivity index (χ1v) is 6.78. The van der Waals surface area contributed by atoms with Gasteiger partial charge in [0.2, 0.25) is 11.8 Å². The molecular formula is C12H14BrClN2O2. The number of rotatable bonds is 6. The molecule has 0 heterocycles. The van der Waals surface area contributed by atoms with Crippen LogP contribution in [0.15, 0.2) is 28.7 Å². The zero-order chi connectivity index (χ0) is 13.4. The molecule has 2 N–H and O–H groups in total. The van der Waals surface area contributed by atoms with Crippen molar-refractivity contribution < 1.29 is 9.59 Å². The standard InChI is InChI=1S/C12H14BrClN2O2/c13-10-3-1-2-9(6-10)4-5-15-12(18)8-16-11(17)7-14/h1-3,6H,4-5,7-8H2,(H,15,18)(H,16,17). The second kappa shape index (κ2) is 8.11. The van der Waals surface area contributed by atoms with Crippen LogP contribution in [-0.2, 0) is 16.0 Å². The fourth-order valence-corrected chi connectivity index (χ4v) is 1.87. The van der Waals surface area contributed by atoms with Crippen LogP contribution in [0.4, 0.5) is 0 Å². The molecule has 2 amide bonds. The van der Waals surface area contributed by atoms with Crippen LogP contribution in [0.2, 0.25) is 0 Å². The van der Waals surface area contributed by atoms with Gasteiger partial charge in [0, 0.05) is 11.0 Å². The van der Waals surface area contributed by atoms with Crippen molar-refractivity contribution in [2.24, 2.45) is 0 Å². The maximum absolute atomic E-state index is 11.3. The summed E-state index contributed by atoms with van der Waals surface area (Å²) in [6.07, 6.45) is 0.745. The van der Waals surface area contributed by atoms with E-state index in [-0.39, 0.29) is 24.2 Å². The Balaban J connectivity index is 2.21. The molecule has 6 heteroatoms. The Morgan fingerprint density at radius 2 is 2.00 bits per heavy atom. The number of alkyl halides is 1. The minimum Gasteiger partial charge on any atom is -0.354 e. The minimum atomic E-state index is -0.348. The molecule has 0 fully saturated rings. The highest BCUT2D eigenvalue weighted by Crippen LogP contribution is 2.11. The number of benzene rings is 1. The highest BCUT2D eigenvalue weighted by atomic mass is 79.9. The van der Waals surface area contributed by atoms with Gasteiger partial charge < -0.3 is 10.6 Å². The lowest BCUT2D eigenvalue weighted by molar-refractivity contribution is -0.124. The fourth-order valence-electron chi connectivity index (χ4n) is 1.33. The number of amides is 2. The third-order valence-corrected chi connectivity index (χ3v) is 2.93. The van der Waals surface area contributed by atoms with Crippen LogP contribution in [0, 0.1) is 0 Å². The van der Waals surface area contributed by atoms with Gasteiger partial charge in [-0.1, -0.05) is 28.1 Å². The number of halogens is 2. The van der Waals surface area contributed by atoms with Crippen molar-refractivity contribution in [1.29, 1.82) is 0 Å². The first-order chi connectivity index (χ1) is 8.61. The summed E-state index contributed by atoms with van der Waals surface area (Å²) in [4.78, 5) is 22.2. The van der Waals surface area contributed by atoms with Crippen molar-refractivity contribution >= 4 is 39.3 Å². The van der Waals surface area contributed by atoms with E-state index in [1.54, 1.807) is 0 Å². The number of carbonyl (C=O) groups excluding carboxylic acids is 2. The summed E-state index contributed by atoms with van der Waals surface area (Å²) >= 11 is 8.67. The molecule has 0 saturated carbocycles. The average Bonchev–Trinajstić information content (AvgIpc) is 2.36. The van der Waals surface area contributed by atoms with Crippen LogP contribution in [0.3, 0.4) is 0 Å². The van der Waals surface area contributed by atoms with Gasteiger partial charge in [0.25, 0.3) is 0 Å². The third kappa shape index (κ3) is 6.02.